The first-order valence-electron chi connectivity index (χ1n) is 8.41. The molecule has 2 N–H and O–H groups in total. The molecule has 2 aliphatic heterocycles. The van der Waals surface area contributed by atoms with Crippen molar-refractivity contribution >= 4 is 0 Å². The molecular weight excluding hydrogens is 258 g/mol. The van der Waals surface area contributed by atoms with Crippen LogP contribution in [0.1, 0.15) is 32.3 Å². The van der Waals surface area contributed by atoms with Crippen LogP contribution in [0.4, 0.5) is 0 Å². The van der Waals surface area contributed by atoms with Crippen LogP contribution < -0.4 is 5.73 Å². The van der Waals surface area contributed by atoms with E-state index in [9.17, 15) is 0 Å². The zero-order valence-corrected chi connectivity index (χ0v) is 13.4. The second-order valence-electron chi connectivity index (χ2n) is 7.08. The monoisotopic (exact) mass is 287 g/mol. The molecule has 1 aromatic carbocycles. The van der Waals surface area contributed by atoms with Crippen molar-refractivity contribution in [3.05, 3.63) is 35.9 Å². The van der Waals surface area contributed by atoms with Crippen LogP contribution in [-0.4, -0.2) is 47.6 Å². The topological polar surface area (TPSA) is 32.5 Å². The van der Waals surface area contributed by atoms with Crippen molar-refractivity contribution in [3.63, 3.8) is 0 Å². The van der Waals surface area contributed by atoms with Crippen LogP contribution in [-0.2, 0) is 6.54 Å². The van der Waals surface area contributed by atoms with Crippen LogP contribution in [0.5, 0.6) is 0 Å². The SMILES string of the molecule is CC1CN(C2CC(C)N(Cc3ccccc3)C2)CCC1N. The fraction of sp³-hybridized carbons (Fsp3) is 0.667. The van der Waals surface area contributed by atoms with Crippen molar-refractivity contribution in [2.24, 2.45) is 11.7 Å². The highest BCUT2D eigenvalue weighted by atomic mass is 15.3. The standard InChI is InChI=1S/C18H29N3/c1-14-11-20(9-8-18(14)19)17-10-15(2)21(13-17)12-16-6-4-3-5-7-16/h3-7,14-15,17-18H,8-13,19H2,1-2H3. The van der Waals surface area contributed by atoms with Gasteiger partial charge in [-0.05, 0) is 37.8 Å². The number of nitrogens with two attached hydrogens (primary N) is 1. The molecule has 4 unspecified atom stereocenters. The van der Waals surface area contributed by atoms with Gasteiger partial charge in [0.05, 0.1) is 0 Å². The van der Waals surface area contributed by atoms with Gasteiger partial charge in [-0.25, -0.2) is 0 Å². The Kier molecular flexibility index (Phi) is 4.63. The fourth-order valence-corrected chi connectivity index (χ4v) is 3.90. The molecule has 0 aromatic heterocycles. The van der Waals surface area contributed by atoms with Crippen molar-refractivity contribution in [1.82, 2.24) is 9.80 Å². The van der Waals surface area contributed by atoms with E-state index < -0.39 is 0 Å². The summed E-state index contributed by atoms with van der Waals surface area (Å²) in [4.78, 5) is 5.33. The second kappa shape index (κ2) is 6.47. The Balaban J connectivity index is 1.58. The maximum absolute atomic E-state index is 6.16. The van der Waals surface area contributed by atoms with E-state index in [-0.39, 0.29) is 0 Å². The lowest BCUT2D eigenvalue weighted by atomic mass is 9.93. The molecule has 21 heavy (non-hydrogen) atoms. The zero-order chi connectivity index (χ0) is 14.8. The van der Waals surface area contributed by atoms with Gasteiger partial charge in [0.15, 0.2) is 0 Å². The van der Waals surface area contributed by atoms with Crippen molar-refractivity contribution in [3.8, 4) is 0 Å². The Morgan fingerprint density at radius 1 is 1.14 bits per heavy atom. The highest BCUT2D eigenvalue weighted by molar-refractivity contribution is 5.15. The van der Waals surface area contributed by atoms with E-state index >= 15 is 0 Å². The molecule has 2 heterocycles. The van der Waals surface area contributed by atoms with Crippen molar-refractivity contribution in [1.29, 1.82) is 0 Å². The molecule has 0 aliphatic carbocycles. The Morgan fingerprint density at radius 3 is 2.62 bits per heavy atom. The molecule has 2 saturated heterocycles. The lowest BCUT2D eigenvalue weighted by Crippen LogP contribution is -2.50. The van der Waals surface area contributed by atoms with Crippen LogP contribution in [0.25, 0.3) is 0 Å². The summed E-state index contributed by atoms with van der Waals surface area (Å²) in [5, 5.41) is 0. The number of benzene rings is 1. The minimum absolute atomic E-state index is 0.403. The predicted octanol–water partition coefficient (Wildman–Crippen LogP) is 2.32. The summed E-state index contributed by atoms with van der Waals surface area (Å²) in [7, 11) is 0. The summed E-state index contributed by atoms with van der Waals surface area (Å²) < 4.78 is 0. The third kappa shape index (κ3) is 3.47. The summed E-state index contributed by atoms with van der Waals surface area (Å²) >= 11 is 0. The molecule has 2 fully saturated rings. The first kappa shape index (κ1) is 15.0. The van der Waals surface area contributed by atoms with Crippen molar-refractivity contribution in [2.45, 2.75) is 51.4 Å². The summed E-state index contributed by atoms with van der Waals surface area (Å²) in [6.07, 6.45) is 2.46. The average molecular weight is 287 g/mol. The maximum Gasteiger partial charge on any atom is 0.0238 e. The number of rotatable bonds is 3. The average Bonchev–Trinajstić information content (AvgIpc) is 2.84. The second-order valence-corrected chi connectivity index (χ2v) is 7.08. The van der Waals surface area contributed by atoms with Gasteiger partial charge in [-0.3, -0.25) is 9.80 Å². The van der Waals surface area contributed by atoms with Gasteiger partial charge in [-0.15, -0.1) is 0 Å². The summed E-state index contributed by atoms with van der Waals surface area (Å²) in [5.41, 5.74) is 7.59. The normalized spacial score (nSPS) is 35.2. The van der Waals surface area contributed by atoms with E-state index in [0.717, 1.165) is 19.0 Å². The van der Waals surface area contributed by atoms with E-state index in [1.165, 1.54) is 31.6 Å². The number of hydrogen-bond acceptors (Lipinski definition) is 3. The molecule has 4 atom stereocenters. The van der Waals surface area contributed by atoms with Gasteiger partial charge in [-0.1, -0.05) is 37.3 Å². The van der Waals surface area contributed by atoms with Gasteiger partial charge in [0.1, 0.15) is 0 Å². The Morgan fingerprint density at radius 2 is 1.90 bits per heavy atom. The van der Waals surface area contributed by atoms with Gasteiger partial charge in [0, 0.05) is 37.8 Å². The lowest BCUT2D eigenvalue weighted by molar-refractivity contribution is 0.116. The molecule has 0 spiro atoms. The van der Waals surface area contributed by atoms with E-state index in [0.29, 0.717) is 18.0 Å². The summed E-state index contributed by atoms with van der Waals surface area (Å²) in [5.74, 6) is 0.636. The van der Waals surface area contributed by atoms with E-state index in [1.54, 1.807) is 0 Å². The molecule has 0 bridgehead atoms. The first-order chi connectivity index (χ1) is 10.1. The lowest BCUT2D eigenvalue weighted by Gasteiger charge is -2.38. The van der Waals surface area contributed by atoms with Crippen LogP contribution in [0.3, 0.4) is 0 Å². The van der Waals surface area contributed by atoms with E-state index in [4.69, 9.17) is 5.73 Å². The molecule has 0 saturated carbocycles. The highest BCUT2D eigenvalue weighted by Gasteiger charge is 2.35. The number of hydrogen-bond donors (Lipinski definition) is 1. The van der Waals surface area contributed by atoms with Gasteiger partial charge < -0.3 is 5.73 Å². The smallest absolute Gasteiger partial charge is 0.0238 e. The molecule has 3 rings (SSSR count). The third-order valence-electron chi connectivity index (χ3n) is 5.43. The van der Waals surface area contributed by atoms with Gasteiger partial charge in [0.25, 0.3) is 0 Å². The summed E-state index contributed by atoms with van der Waals surface area (Å²) in [6.45, 7) is 9.33. The Labute approximate surface area is 129 Å². The van der Waals surface area contributed by atoms with Crippen LogP contribution >= 0.6 is 0 Å². The Hall–Kier alpha value is -0.900. The molecule has 3 heteroatoms. The molecule has 116 valence electrons. The highest BCUT2D eigenvalue weighted by Crippen LogP contribution is 2.27. The molecule has 0 radical (unpaired) electrons. The number of piperidine rings is 1. The Bertz CT molecular complexity index is 447. The quantitative estimate of drug-likeness (QED) is 0.926. The molecule has 2 aliphatic rings. The predicted molar refractivity (Wildman–Crippen MR) is 88.0 cm³/mol. The molecule has 3 nitrogen and oxygen atoms in total. The molecular formula is C18H29N3. The van der Waals surface area contributed by atoms with Crippen LogP contribution in [0.2, 0.25) is 0 Å². The molecule has 0 amide bonds. The fourth-order valence-electron chi connectivity index (χ4n) is 3.90. The maximum atomic E-state index is 6.16. The summed E-state index contributed by atoms with van der Waals surface area (Å²) in [6, 6.07) is 12.7. The van der Waals surface area contributed by atoms with Gasteiger partial charge in [-0.2, -0.15) is 0 Å². The van der Waals surface area contributed by atoms with Crippen LogP contribution in [0.15, 0.2) is 30.3 Å². The number of nitrogens with zero attached hydrogens (tertiary/aromatic N) is 2. The van der Waals surface area contributed by atoms with Crippen molar-refractivity contribution < 1.29 is 0 Å². The van der Waals surface area contributed by atoms with Crippen molar-refractivity contribution in [2.75, 3.05) is 19.6 Å². The molecule has 1 aromatic rings. The minimum Gasteiger partial charge on any atom is -0.327 e. The van der Waals surface area contributed by atoms with E-state index in [1.807, 2.05) is 0 Å². The number of likely N-dealkylation sites (tertiary alicyclic amines) is 2. The zero-order valence-electron chi connectivity index (χ0n) is 13.4. The van der Waals surface area contributed by atoms with Gasteiger partial charge >= 0.3 is 0 Å². The van der Waals surface area contributed by atoms with Crippen LogP contribution in [0, 0.1) is 5.92 Å². The van der Waals surface area contributed by atoms with E-state index in [2.05, 4.69) is 54.0 Å². The third-order valence-corrected chi connectivity index (χ3v) is 5.43. The van der Waals surface area contributed by atoms with Gasteiger partial charge in [0.2, 0.25) is 0 Å². The first-order valence-corrected chi connectivity index (χ1v) is 8.41. The minimum atomic E-state index is 0.403. The largest absolute Gasteiger partial charge is 0.327 e.